The molecule has 1 N–H and O–H groups in total. The van der Waals surface area contributed by atoms with Crippen molar-refractivity contribution in [1.82, 2.24) is 5.32 Å². The van der Waals surface area contributed by atoms with Gasteiger partial charge in [-0.3, -0.25) is 14.4 Å². The van der Waals surface area contributed by atoms with E-state index in [2.05, 4.69) is 46.0 Å². The minimum atomic E-state index is -0.475. The zero-order chi connectivity index (χ0) is 27.5. The molecule has 0 aliphatic heterocycles. The third kappa shape index (κ3) is 2.96. The molecule has 0 radical (unpaired) electrons. The van der Waals surface area contributed by atoms with Crippen LogP contribution >= 0.6 is 0 Å². The maximum absolute atomic E-state index is 14.5. The molecule has 0 aromatic heterocycles. The fourth-order valence-electron chi connectivity index (χ4n) is 10.7. The van der Waals surface area contributed by atoms with Gasteiger partial charge in [-0.05, 0) is 98.9 Å². The van der Waals surface area contributed by atoms with Crippen LogP contribution in [0.25, 0.3) is 0 Å². The topological polar surface area (TPSA) is 87.0 Å². The molecule has 0 aromatic rings. The highest BCUT2D eigenvalue weighted by Crippen LogP contribution is 2.76. The number of nitrogens with zero attached hydrogens (tertiary/aromatic N) is 1. The first kappa shape index (κ1) is 26.0. The van der Waals surface area contributed by atoms with E-state index in [0.717, 1.165) is 63.4 Å². The summed E-state index contributed by atoms with van der Waals surface area (Å²) in [7, 11) is 0. The van der Waals surface area contributed by atoms with Crippen LogP contribution in [0.4, 0.5) is 0 Å². The van der Waals surface area contributed by atoms with Crippen LogP contribution in [0.15, 0.2) is 23.3 Å². The van der Waals surface area contributed by atoms with Crippen molar-refractivity contribution in [1.29, 1.82) is 5.26 Å². The number of nitrogens with one attached hydrogen (secondary N) is 1. The highest BCUT2D eigenvalue weighted by molar-refractivity contribution is 6.06. The van der Waals surface area contributed by atoms with Gasteiger partial charge >= 0.3 is 0 Å². The zero-order valence-corrected chi connectivity index (χ0v) is 24.1. The van der Waals surface area contributed by atoms with Crippen molar-refractivity contribution in [2.45, 2.75) is 99.3 Å². The molecule has 0 aromatic carbocycles. The Bertz CT molecular complexity index is 1250. The summed E-state index contributed by atoms with van der Waals surface area (Å²) in [5.74, 6) is 0.342. The Labute approximate surface area is 227 Å². The number of amides is 1. The molecule has 1 spiro atoms. The number of Topliss-reactive ketones (excluding diaryl/α,β-unsaturated/α-hetero) is 1. The number of carbonyl (C=O) groups excluding carboxylic acids is 3. The van der Waals surface area contributed by atoms with E-state index in [-0.39, 0.29) is 51.5 Å². The number of fused-ring (bicyclic) bond motifs is 8. The van der Waals surface area contributed by atoms with Crippen LogP contribution in [0.2, 0.25) is 0 Å². The Morgan fingerprint density at radius 3 is 2.34 bits per heavy atom. The van der Waals surface area contributed by atoms with Crippen LogP contribution in [-0.2, 0) is 14.4 Å². The van der Waals surface area contributed by atoms with E-state index in [0.29, 0.717) is 12.1 Å². The Morgan fingerprint density at radius 2 is 1.71 bits per heavy atom. The quantitative estimate of drug-likeness (QED) is 0.481. The summed E-state index contributed by atoms with van der Waals surface area (Å²) in [4.78, 5) is 41.5. The van der Waals surface area contributed by atoms with Gasteiger partial charge in [-0.15, -0.1) is 0 Å². The van der Waals surface area contributed by atoms with Crippen molar-refractivity contribution >= 4 is 17.5 Å². The van der Waals surface area contributed by atoms with Crippen LogP contribution in [0.3, 0.4) is 0 Å². The van der Waals surface area contributed by atoms with Crippen molar-refractivity contribution in [2.75, 3.05) is 6.54 Å². The number of rotatable bonds is 2. The molecule has 204 valence electrons. The van der Waals surface area contributed by atoms with Crippen molar-refractivity contribution < 1.29 is 14.4 Å². The van der Waals surface area contributed by atoms with Gasteiger partial charge in [-0.2, -0.15) is 5.26 Å². The van der Waals surface area contributed by atoms with E-state index < -0.39 is 16.2 Å². The average molecular weight is 517 g/mol. The largest absolute Gasteiger partial charge is 0.356 e. The third-order valence-electron chi connectivity index (χ3n) is 13.1. The maximum atomic E-state index is 14.5. The highest BCUT2D eigenvalue weighted by atomic mass is 16.2. The average Bonchev–Trinajstić information content (AvgIpc) is 3.64. The lowest BCUT2D eigenvalue weighted by molar-refractivity contribution is -0.177. The summed E-state index contributed by atoms with van der Waals surface area (Å²) < 4.78 is 0. The lowest BCUT2D eigenvalue weighted by atomic mass is 9.34. The van der Waals surface area contributed by atoms with E-state index in [9.17, 15) is 19.6 Å². The van der Waals surface area contributed by atoms with E-state index in [1.54, 1.807) is 0 Å². The van der Waals surface area contributed by atoms with Gasteiger partial charge < -0.3 is 5.32 Å². The van der Waals surface area contributed by atoms with Crippen molar-refractivity contribution in [3.8, 4) is 6.07 Å². The van der Waals surface area contributed by atoms with Crippen molar-refractivity contribution in [3.05, 3.63) is 23.3 Å². The second kappa shape index (κ2) is 7.70. The first-order chi connectivity index (χ1) is 17.7. The molecule has 0 unspecified atom stereocenters. The second-order valence-electron chi connectivity index (χ2n) is 15.2. The third-order valence-corrected chi connectivity index (χ3v) is 13.1. The monoisotopic (exact) mass is 516 g/mol. The van der Waals surface area contributed by atoms with Gasteiger partial charge in [0.25, 0.3) is 0 Å². The van der Waals surface area contributed by atoms with E-state index in [4.69, 9.17) is 0 Å². The summed E-state index contributed by atoms with van der Waals surface area (Å²) in [6.45, 7) is 14.1. The molecule has 6 rings (SSSR count). The number of carbonyl (C=O) groups is 3. The van der Waals surface area contributed by atoms with E-state index >= 15 is 0 Å². The number of allylic oxidation sites excluding steroid dienone is 4. The molecule has 38 heavy (non-hydrogen) atoms. The van der Waals surface area contributed by atoms with Crippen LogP contribution in [0.5, 0.6) is 0 Å². The first-order valence-electron chi connectivity index (χ1n) is 15.0. The number of hydrogen-bond donors (Lipinski definition) is 1. The van der Waals surface area contributed by atoms with Gasteiger partial charge in [-0.25, -0.2) is 0 Å². The van der Waals surface area contributed by atoms with Gasteiger partial charge in [0.1, 0.15) is 6.07 Å². The predicted octanol–water partition coefficient (Wildman–Crippen LogP) is 6.10. The SMILES string of the molecule is CCNC(=O)[C@]12CCC(C)(C)C[C@H]1[C@H]1C(=O)C=C3[C@@]4(C)C=C(C#N)C(=O)C5(CC5)[C@@H]4CC[C@@]3(C)[C@]1(C)CC2. The fraction of sp³-hybridized carbons (Fsp3) is 0.758. The standard InChI is InChI=1S/C33H44N2O3/c1-7-35-27(38)32-12-10-28(2,3)18-21(32)25-22(36)16-24-29(4)17-20(19-34)26(37)33(14-15-33)23(29)8-9-30(24,5)31(25,6)11-13-32/h16-17,21,23,25H,7-15,18H2,1-6H3,(H,35,38)/t21-,23+,25-,29-,30+,31+,32-/m0/s1. The van der Waals surface area contributed by atoms with Crippen molar-refractivity contribution in [2.24, 2.45) is 50.2 Å². The van der Waals surface area contributed by atoms with Crippen LogP contribution in [0.1, 0.15) is 99.3 Å². The Kier molecular flexibility index (Phi) is 5.28. The van der Waals surface area contributed by atoms with Crippen LogP contribution in [0, 0.1) is 61.6 Å². The molecule has 4 fully saturated rings. The van der Waals surface area contributed by atoms with Gasteiger partial charge in [0.15, 0.2) is 11.6 Å². The normalized spacial score (nSPS) is 45.9. The number of nitriles is 1. The number of ketones is 2. The molecule has 0 bridgehead atoms. The molecule has 0 saturated heterocycles. The number of hydrogen-bond acceptors (Lipinski definition) is 4. The van der Waals surface area contributed by atoms with Crippen molar-refractivity contribution in [3.63, 3.8) is 0 Å². The summed E-state index contributed by atoms with van der Waals surface area (Å²) in [6, 6.07) is 2.22. The summed E-state index contributed by atoms with van der Waals surface area (Å²) in [5.41, 5.74) is -0.306. The molecule has 5 nitrogen and oxygen atoms in total. The van der Waals surface area contributed by atoms with Crippen LogP contribution < -0.4 is 5.32 Å². The lowest BCUT2D eigenvalue weighted by Crippen LogP contribution is -2.66. The molecule has 6 aliphatic carbocycles. The van der Waals surface area contributed by atoms with Crippen LogP contribution in [-0.4, -0.2) is 24.0 Å². The molecular weight excluding hydrogens is 472 g/mol. The molecule has 7 atom stereocenters. The maximum Gasteiger partial charge on any atom is 0.226 e. The van der Waals surface area contributed by atoms with Gasteiger partial charge in [0.2, 0.25) is 5.91 Å². The molecule has 4 saturated carbocycles. The minimum absolute atomic E-state index is 0.0251. The highest BCUT2D eigenvalue weighted by Gasteiger charge is 2.73. The summed E-state index contributed by atoms with van der Waals surface area (Å²) in [5, 5.41) is 13.1. The Balaban J connectivity index is 1.51. The molecule has 6 aliphatic rings. The molecule has 5 heteroatoms. The van der Waals surface area contributed by atoms with Gasteiger partial charge in [0.05, 0.1) is 11.0 Å². The Morgan fingerprint density at radius 1 is 1.03 bits per heavy atom. The van der Waals surface area contributed by atoms with Gasteiger partial charge in [-0.1, -0.05) is 46.3 Å². The lowest BCUT2D eigenvalue weighted by Gasteiger charge is -2.68. The molecule has 0 heterocycles. The fourth-order valence-corrected chi connectivity index (χ4v) is 10.7. The molecule has 1 amide bonds. The van der Waals surface area contributed by atoms with Gasteiger partial charge in [0, 0.05) is 23.3 Å². The summed E-state index contributed by atoms with van der Waals surface area (Å²) in [6.07, 6.45) is 11.9. The summed E-state index contributed by atoms with van der Waals surface area (Å²) >= 11 is 0. The molecular formula is C33H44N2O3. The van der Waals surface area contributed by atoms with E-state index in [1.807, 2.05) is 19.1 Å². The second-order valence-corrected chi connectivity index (χ2v) is 15.2. The predicted molar refractivity (Wildman–Crippen MR) is 145 cm³/mol. The smallest absolute Gasteiger partial charge is 0.226 e. The van der Waals surface area contributed by atoms with E-state index in [1.165, 1.54) is 0 Å². The zero-order valence-electron chi connectivity index (χ0n) is 24.1. The Hall–Kier alpha value is -2.22. The first-order valence-corrected chi connectivity index (χ1v) is 15.0. The minimum Gasteiger partial charge on any atom is -0.356 e.